The quantitative estimate of drug-likeness (QED) is 0.726. The van der Waals surface area contributed by atoms with Crippen LogP contribution in [-0.2, 0) is 4.79 Å². The summed E-state index contributed by atoms with van der Waals surface area (Å²) in [5.41, 5.74) is 2.59. The van der Waals surface area contributed by atoms with Crippen LogP contribution in [0.4, 0.5) is 4.79 Å². The van der Waals surface area contributed by atoms with Gasteiger partial charge < -0.3 is 4.42 Å². The highest BCUT2D eigenvalue weighted by atomic mass is 32.2. The number of furan rings is 1. The fraction of sp³-hybridized carbons (Fsp3) is 0. The first kappa shape index (κ1) is 13.8. The Labute approximate surface area is 135 Å². The van der Waals surface area contributed by atoms with E-state index >= 15 is 0 Å². The first-order valence-corrected chi connectivity index (χ1v) is 7.70. The monoisotopic (exact) mass is 322 g/mol. The number of hydrogen-bond acceptors (Lipinski definition) is 5. The van der Waals surface area contributed by atoms with Crippen molar-refractivity contribution in [3.05, 3.63) is 59.3 Å². The maximum atomic E-state index is 11.7. The van der Waals surface area contributed by atoms with Gasteiger partial charge in [-0.3, -0.25) is 19.9 Å². The van der Waals surface area contributed by atoms with E-state index in [-0.39, 0.29) is 11.1 Å². The van der Waals surface area contributed by atoms with Crippen LogP contribution < -0.4 is 5.32 Å². The average Bonchev–Trinajstić information content (AvgIpc) is 3.17. The van der Waals surface area contributed by atoms with Gasteiger partial charge in [0.05, 0.1) is 16.7 Å². The molecule has 2 aromatic heterocycles. The third-order valence-corrected chi connectivity index (χ3v) is 4.30. The molecule has 2 amide bonds. The number of carbonyl (C=O) groups is 2. The number of thioether (sulfide) groups is 1. The molecule has 112 valence electrons. The molecule has 1 N–H and O–H groups in total. The lowest BCUT2D eigenvalue weighted by molar-refractivity contribution is -0.115. The van der Waals surface area contributed by atoms with E-state index in [9.17, 15) is 9.59 Å². The summed E-state index contributed by atoms with van der Waals surface area (Å²) in [4.78, 5) is 27.6. The molecule has 6 heteroatoms. The van der Waals surface area contributed by atoms with Gasteiger partial charge in [-0.05, 0) is 53.7 Å². The molecule has 4 rings (SSSR count). The lowest BCUT2D eigenvalue weighted by Gasteiger charge is -2.05. The minimum Gasteiger partial charge on any atom is -0.464 e. The highest BCUT2D eigenvalue weighted by molar-refractivity contribution is 8.18. The second-order valence-electron chi connectivity index (χ2n) is 4.96. The number of fused-ring (bicyclic) bond motifs is 1. The highest BCUT2D eigenvalue weighted by Gasteiger charge is 2.24. The molecule has 0 aliphatic carbocycles. The van der Waals surface area contributed by atoms with Gasteiger partial charge >= 0.3 is 0 Å². The molecule has 0 radical (unpaired) electrons. The van der Waals surface area contributed by atoms with Crippen molar-refractivity contribution in [2.24, 2.45) is 0 Å². The SMILES string of the molecule is O=C1NC(=O)/C(=C\c2ccc3nccc(-c4ccco4)c3c2)S1. The zero-order valence-electron chi connectivity index (χ0n) is 11.8. The normalized spacial score (nSPS) is 16.3. The number of amides is 2. The van der Waals surface area contributed by atoms with Crippen LogP contribution in [0.2, 0.25) is 0 Å². The summed E-state index contributed by atoms with van der Waals surface area (Å²) in [6, 6.07) is 11.3. The van der Waals surface area contributed by atoms with Gasteiger partial charge in [-0.25, -0.2) is 0 Å². The molecule has 0 bridgehead atoms. The predicted octanol–water partition coefficient (Wildman–Crippen LogP) is 3.82. The Balaban J connectivity index is 1.84. The Morgan fingerprint density at radius 2 is 2.09 bits per heavy atom. The number of imide groups is 1. The van der Waals surface area contributed by atoms with Crippen LogP contribution in [0.15, 0.2) is 58.2 Å². The molecule has 0 spiro atoms. The van der Waals surface area contributed by atoms with E-state index in [0.717, 1.165) is 39.6 Å². The Kier molecular flexibility index (Phi) is 3.24. The highest BCUT2D eigenvalue weighted by Crippen LogP contribution is 2.30. The number of aromatic nitrogens is 1. The van der Waals surface area contributed by atoms with Gasteiger partial charge in [0.15, 0.2) is 0 Å². The summed E-state index contributed by atoms with van der Waals surface area (Å²) in [7, 11) is 0. The van der Waals surface area contributed by atoms with E-state index < -0.39 is 0 Å². The minimum absolute atomic E-state index is 0.347. The maximum absolute atomic E-state index is 11.7. The number of nitrogens with one attached hydrogen (secondary N) is 1. The number of benzene rings is 1. The number of nitrogens with zero attached hydrogens (tertiary/aromatic N) is 1. The van der Waals surface area contributed by atoms with E-state index in [2.05, 4.69) is 10.3 Å². The molecule has 23 heavy (non-hydrogen) atoms. The fourth-order valence-electron chi connectivity index (χ4n) is 2.47. The van der Waals surface area contributed by atoms with Crippen LogP contribution in [0.25, 0.3) is 28.3 Å². The van der Waals surface area contributed by atoms with Gasteiger partial charge in [-0.1, -0.05) is 6.07 Å². The Morgan fingerprint density at radius 3 is 2.83 bits per heavy atom. The topological polar surface area (TPSA) is 72.2 Å². The standard InChI is InChI=1S/C17H10N2O3S/c20-16-15(23-17(21)19-16)9-10-3-4-13-12(8-10)11(5-6-18-13)14-2-1-7-22-14/h1-9H,(H,19,20,21)/b15-9+. The van der Waals surface area contributed by atoms with Gasteiger partial charge in [-0.2, -0.15) is 0 Å². The molecule has 1 aliphatic heterocycles. The van der Waals surface area contributed by atoms with Crippen molar-refractivity contribution in [1.29, 1.82) is 0 Å². The molecule has 0 atom stereocenters. The molecule has 1 aliphatic rings. The molecule has 5 nitrogen and oxygen atoms in total. The summed E-state index contributed by atoms with van der Waals surface area (Å²) in [6.45, 7) is 0. The van der Waals surface area contributed by atoms with Crippen molar-refractivity contribution in [1.82, 2.24) is 10.3 Å². The van der Waals surface area contributed by atoms with Crippen molar-refractivity contribution in [2.75, 3.05) is 0 Å². The number of pyridine rings is 1. The lowest BCUT2D eigenvalue weighted by Crippen LogP contribution is -2.17. The number of rotatable bonds is 2. The van der Waals surface area contributed by atoms with E-state index in [1.54, 1.807) is 18.5 Å². The Hall–Kier alpha value is -2.86. The van der Waals surface area contributed by atoms with Crippen molar-refractivity contribution < 1.29 is 14.0 Å². The van der Waals surface area contributed by atoms with Crippen molar-refractivity contribution in [3.8, 4) is 11.3 Å². The van der Waals surface area contributed by atoms with Crippen LogP contribution >= 0.6 is 11.8 Å². The summed E-state index contributed by atoms with van der Waals surface area (Å²) in [6.07, 6.45) is 5.05. The molecule has 0 saturated carbocycles. The summed E-state index contributed by atoms with van der Waals surface area (Å²) in [5, 5.41) is 2.82. The second kappa shape index (κ2) is 5.40. The van der Waals surface area contributed by atoms with E-state index in [1.807, 2.05) is 36.4 Å². The van der Waals surface area contributed by atoms with Crippen molar-refractivity contribution in [2.45, 2.75) is 0 Å². The van der Waals surface area contributed by atoms with Gasteiger partial charge in [0.1, 0.15) is 5.76 Å². The zero-order chi connectivity index (χ0) is 15.8. The van der Waals surface area contributed by atoms with Crippen molar-refractivity contribution in [3.63, 3.8) is 0 Å². The smallest absolute Gasteiger partial charge is 0.290 e. The molecule has 0 unspecified atom stereocenters. The van der Waals surface area contributed by atoms with Crippen LogP contribution in [-0.4, -0.2) is 16.1 Å². The molecular weight excluding hydrogens is 312 g/mol. The minimum atomic E-state index is -0.363. The van der Waals surface area contributed by atoms with Crippen LogP contribution in [0.5, 0.6) is 0 Å². The second-order valence-corrected chi connectivity index (χ2v) is 5.98. The number of carbonyl (C=O) groups excluding carboxylic acids is 2. The fourth-order valence-corrected chi connectivity index (χ4v) is 3.15. The Bertz CT molecular complexity index is 961. The van der Waals surface area contributed by atoms with E-state index in [4.69, 9.17) is 4.42 Å². The first-order chi connectivity index (χ1) is 11.2. The third-order valence-electron chi connectivity index (χ3n) is 3.49. The van der Waals surface area contributed by atoms with Crippen LogP contribution in [0, 0.1) is 0 Å². The molecule has 3 aromatic rings. The first-order valence-electron chi connectivity index (χ1n) is 6.88. The molecular formula is C17H10N2O3S. The van der Waals surface area contributed by atoms with Crippen LogP contribution in [0.3, 0.4) is 0 Å². The molecule has 1 fully saturated rings. The number of hydrogen-bond donors (Lipinski definition) is 1. The van der Waals surface area contributed by atoms with Gasteiger partial charge in [0, 0.05) is 17.1 Å². The Morgan fingerprint density at radius 1 is 1.17 bits per heavy atom. The van der Waals surface area contributed by atoms with Gasteiger partial charge in [0.2, 0.25) is 0 Å². The third kappa shape index (κ3) is 2.53. The molecule has 3 heterocycles. The zero-order valence-corrected chi connectivity index (χ0v) is 12.6. The lowest BCUT2D eigenvalue weighted by atomic mass is 10.0. The summed E-state index contributed by atoms with van der Waals surface area (Å²) in [5.74, 6) is 0.392. The largest absolute Gasteiger partial charge is 0.464 e. The average molecular weight is 322 g/mol. The summed E-state index contributed by atoms with van der Waals surface area (Å²) >= 11 is 0.903. The van der Waals surface area contributed by atoms with Gasteiger partial charge in [-0.15, -0.1) is 0 Å². The summed E-state index contributed by atoms with van der Waals surface area (Å²) < 4.78 is 5.48. The molecule has 1 aromatic carbocycles. The van der Waals surface area contributed by atoms with E-state index in [1.165, 1.54) is 0 Å². The van der Waals surface area contributed by atoms with E-state index in [0.29, 0.717) is 4.91 Å². The van der Waals surface area contributed by atoms with Crippen molar-refractivity contribution >= 4 is 39.9 Å². The predicted molar refractivity (Wildman–Crippen MR) is 88.6 cm³/mol. The van der Waals surface area contributed by atoms with Gasteiger partial charge in [0.25, 0.3) is 11.1 Å². The molecule has 1 saturated heterocycles. The maximum Gasteiger partial charge on any atom is 0.290 e. The van der Waals surface area contributed by atoms with Crippen LogP contribution in [0.1, 0.15) is 5.56 Å².